The fourth-order valence-corrected chi connectivity index (χ4v) is 3.92. The van der Waals surface area contributed by atoms with E-state index in [9.17, 15) is 21.6 Å². The molecule has 8 heteroatoms. The van der Waals surface area contributed by atoms with Crippen LogP contribution in [0.4, 0.5) is 13.2 Å². The molecule has 0 fully saturated rings. The lowest BCUT2D eigenvalue weighted by Gasteiger charge is -2.12. The monoisotopic (exact) mass is 397 g/mol. The van der Waals surface area contributed by atoms with Crippen molar-refractivity contribution in [2.45, 2.75) is 32.4 Å². The van der Waals surface area contributed by atoms with E-state index < -0.39 is 22.0 Å². The number of halogens is 3. The standard InChI is InChI=1S/C19H18F3NO3S/c1-2-3-10-27(24,25)26-23-18(19(20,21)22)14-8-9-17-15(12-14)11-13-6-4-5-7-16(13)17/h4-9,12H,2-3,10-11H2,1H3. The summed E-state index contributed by atoms with van der Waals surface area (Å²) in [5, 5.41) is 2.97. The Morgan fingerprint density at radius 2 is 1.81 bits per heavy atom. The Balaban J connectivity index is 1.94. The van der Waals surface area contributed by atoms with E-state index in [0.29, 0.717) is 12.8 Å². The summed E-state index contributed by atoms with van der Waals surface area (Å²) in [6.45, 7) is 1.77. The van der Waals surface area contributed by atoms with Crippen LogP contribution in [0.1, 0.15) is 36.5 Å². The summed E-state index contributed by atoms with van der Waals surface area (Å²) in [7, 11) is -4.15. The first kappa shape index (κ1) is 19.4. The molecule has 2 aromatic rings. The summed E-state index contributed by atoms with van der Waals surface area (Å²) in [5.74, 6) is -0.377. The lowest BCUT2D eigenvalue weighted by molar-refractivity contribution is -0.0597. The second-order valence-electron chi connectivity index (χ2n) is 6.33. The van der Waals surface area contributed by atoms with Gasteiger partial charge in [-0.3, -0.25) is 4.28 Å². The zero-order chi connectivity index (χ0) is 19.7. The predicted octanol–water partition coefficient (Wildman–Crippen LogP) is 4.67. The highest BCUT2D eigenvalue weighted by atomic mass is 32.2. The van der Waals surface area contributed by atoms with Crippen molar-refractivity contribution in [2.24, 2.45) is 5.16 Å². The molecule has 0 saturated heterocycles. The number of rotatable bonds is 6. The smallest absolute Gasteiger partial charge is 0.268 e. The third-order valence-corrected chi connectivity index (χ3v) is 5.42. The van der Waals surface area contributed by atoms with Crippen molar-refractivity contribution in [3.8, 4) is 11.1 Å². The minimum absolute atomic E-state index is 0.222. The molecule has 3 rings (SSSR count). The molecule has 0 aromatic heterocycles. The lowest BCUT2D eigenvalue weighted by atomic mass is 10.0. The maximum absolute atomic E-state index is 13.4. The van der Waals surface area contributed by atoms with Crippen molar-refractivity contribution >= 4 is 15.8 Å². The van der Waals surface area contributed by atoms with Gasteiger partial charge in [-0.05, 0) is 41.2 Å². The zero-order valence-corrected chi connectivity index (χ0v) is 15.4. The van der Waals surface area contributed by atoms with E-state index in [1.54, 1.807) is 13.0 Å². The summed E-state index contributed by atoms with van der Waals surface area (Å²) >= 11 is 0. The van der Waals surface area contributed by atoms with Crippen molar-refractivity contribution < 1.29 is 25.9 Å². The van der Waals surface area contributed by atoms with Crippen LogP contribution >= 0.6 is 0 Å². The van der Waals surface area contributed by atoms with Gasteiger partial charge in [0.25, 0.3) is 0 Å². The highest BCUT2D eigenvalue weighted by molar-refractivity contribution is 7.86. The molecule has 0 aliphatic heterocycles. The minimum atomic E-state index is -4.85. The van der Waals surface area contributed by atoms with Crippen LogP contribution in [-0.2, 0) is 20.8 Å². The van der Waals surface area contributed by atoms with Gasteiger partial charge in [-0.1, -0.05) is 54.9 Å². The lowest BCUT2D eigenvalue weighted by Crippen LogP contribution is -2.25. The summed E-state index contributed by atoms with van der Waals surface area (Å²) < 4.78 is 68.0. The van der Waals surface area contributed by atoms with Crippen LogP contribution in [0.25, 0.3) is 11.1 Å². The summed E-state index contributed by atoms with van der Waals surface area (Å²) in [4.78, 5) is 0. The number of oxime groups is 1. The second kappa shape index (κ2) is 7.34. The molecular formula is C19H18F3NO3S. The van der Waals surface area contributed by atoms with E-state index in [-0.39, 0.29) is 17.7 Å². The van der Waals surface area contributed by atoms with E-state index in [1.807, 2.05) is 24.3 Å². The van der Waals surface area contributed by atoms with Crippen LogP contribution in [0, 0.1) is 0 Å². The second-order valence-corrected chi connectivity index (χ2v) is 8.01. The van der Waals surface area contributed by atoms with E-state index in [1.165, 1.54) is 12.1 Å². The molecule has 1 aliphatic carbocycles. The van der Waals surface area contributed by atoms with Crippen LogP contribution in [0.15, 0.2) is 47.6 Å². The number of fused-ring (bicyclic) bond motifs is 3. The van der Waals surface area contributed by atoms with Gasteiger partial charge in [-0.25, -0.2) is 0 Å². The number of nitrogens with zero attached hydrogens (tertiary/aromatic N) is 1. The average molecular weight is 397 g/mol. The molecule has 0 bridgehead atoms. The van der Waals surface area contributed by atoms with Crippen molar-refractivity contribution in [1.82, 2.24) is 0 Å². The van der Waals surface area contributed by atoms with E-state index in [4.69, 9.17) is 0 Å². The molecule has 4 nitrogen and oxygen atoms in total. The molecule has 0 N–H and O–H groups in total. The number of hydrogen-bond donors (Lipinski definition) is 0. The van der Waals surface area contributed by atoms with Crippen molar-refractivity contribution in [3.05, 3.63) is 59.2 Å². The van der Waals surface area contributed by atoms with Crippen LogP contribution < -0.4 is 0 Å². The van der Waals surface area contributed by atoms with Crippen molar-refractivity contribution in [2.75, 3.05) is 5.75 Å². The normalized spacial score (nSPS) is 14.0. The fourth-order valence-electron chi connectivity index (χ4n) is 3.01. The molecule has 27 heavy (non-hydrogen) atoms. The molecule has 0 unspecified atom stereocenters. The number of benzene rings is 2. The van der Waals surface area contributed by atoms with Crippen LogP contribution in [0.2, 0.25) is 0 Å². The van der Waals surface area contributed by atoms with Gasteiger partial charge in [-0.2, -0.15) is 21.6 Å². The molecule has 1 aliphatic rings. The maximum atomic E-state index is 13.4. The zero-order valence-electron chi connectivity index (χ0n) is 14.6. The molecule has 0 saturated carbocycles. The first-order valence-electron chi connectivity index (χ1n) is 8.49. The maximum Gasteiger partial charge on any atom is 0.437 e. The Hall–Kier alpha value is -2.35. The average Bonchev–Trinajstić information content (AvgIpc) is 2.96. The molecule has 0 atom stereocenters. The fraction of sp³-hybridized carbons (Fsp3) is 0.316. The Bertz CT molecular complexity index is 982. The van der Waals surface area contributed by atoms with Crippen LogP contribution in [0.3, 0.4) is 0 Å². The van der Waals surface area contributed by atoms with Gasteiger partial charge < -0.3 is 0 Å². The van der Waals surface area contributed by atoms with Gasteiger partial charge >= 0.3 is 16.3 Å². The highest BCUT2D eigenvalue weighted by Gasteiger charge is 2.39. The SMILES string of the molecule is CCCCS(=O)(=O)ON=C(c1ccc2c(c1)Cc1ccccc1-2)C(F)(F)F. The largest absolute Gasteiger partial charge is 0.437 e. The number of alkyl halides is 3. The number of unbranched alkanes of at least 4 members (excludes halogenated alkanes) is 1. The quantitative estimate of drug-likeness (QED) is 0.449. The molecule has 0 amide bonds. The van der Waals surface area contributed by atoms with Gasteiger partial charge in [-0.15, -0.1) is 0 Å². The molecule has 0 radical (unpaired) electrons. The Kier molecular flexibility index (Phi) is 5.28. The summed E-state index contributed by atoms with van der Waals surface area (Å²) in [6.07, 6.45) is -3.47. The van der Waals surface area contributed by atoms with Gasteiger partial charge in [0.1, 0.15) is 0 Å². The first-order valence-corrected chi connectivity index (χ1v) is 10.1. The Labute approximate surface area is 155 Å². The third kappa shape index (κ3) is 4.32. The molecule has 2 aromatic carbocycles. The molecule has 0 heterocycles. The minimum Gasteiger partial charge on any atom is -0.268 e. The van der Waals surface area contributed by atoms with E-state index in [2.05, 4.69) is 9.44 Å². The molecular weight excluding hydrogens is 379 g/mol. The Morgan fingerprint density at radius 3 is 2.52 bits per heavy atom. The van der Waals surface area contributed by atoms with Gasteiger partial charge in [0, 0.05) is 5.56 Å². The molecule has 144 valence electrons. The van der Waals surface area contributed by atoms with Gasteiger partial charge in [0.05, 0.1) is 5.75 Å². The summed E-state index contributed by atoms with van der Waals surface area (Å²) in [6, 6.07) is 11.9. The predicted molar refractivity (Wildman–Crippen MR) is 97.1 cm³/mol. The van der Waals surface area contributed by atoms with E-state index >= 15 is 0 Å². The van der Waals surface area contributed by atoms with E-state index in [0.717, 1.165) is 22.3 Å². The first-order chi connectivity index (χ1) is 12.7. The van der Waals surface area contributed by atoms with Crippen molar-refractivity contribution in [3.63, 3.8) is 0 Å². The summed E-state index contributed by atoms with van der Waals surface area (Å²) in [5.41, 5.74) is 2.05. The van der Waals surface area contributed by atoms with Crippen LogP contribution in [-0.4, -0.2) is 26.1 Å². The highest BCUT2D eigenvalue weighted by Crippen LogP contribution is 2.37. The van der Waals surface area contributed by atoms with Gasteiger partial charge in [0.15, 0.2) is 5.71 Å². The number of hydrogen-bond acceptors (Lipinski definition) is 4. The van der Waals surface area contributed by atoms with Crippen molar-refractivity contribution in [1.29, 1.82) is 0 Å². The van der Waals surface area contributed by atoms with Crippen LogP contribution in [0.5, 0.6) is 0 Å². The Morgan fingerprint density at radius 1 is 1.11 bits per heavy atom. The van der Waals surface area contributed by atoms with Gasteiger partial charge in [0.2, 0.25) is 0 Å². The topological polar surface area (TPSA) is 55.7 Å². The third-order valence-electron chi connectivity index (χ3n) is 4.33. The molecule has 0 spiro atoms.